The summed E-state index contributed by atoms with van der Waals surface area (Å²) in [5.74, 6) is 0.117. The average Bonchev–Trinajstić information content (AvgIpc) is 2.61. The maximum absolute atomic E-state index is 12.7. The smallest absolute Gasteiger partial charge is 0.236 e. The van der Waals surface area contributed by atoms with Crippen molar-refractivity contribution in [3.05, 3.63) is 35.9 Å². The van der Waals surface area contributed by atoms with E-state index in [1.807, 2.05) is 35.2 Å². The van der Waals surface area contributed by atoms with Crippen LogP contribution in [0.3, 0.4) is 0 Å². The number of morpholine rings is 1. The summed E-state index contributed by atoms with van der Waals surface area (Å²) < 4.78 is 5.33. The molecule has 27 heavy (non-hydrogen) atoms. The van der Waals surface area contributed by atoms with Crippen molar-refractivity contribution in [1.82, 2.24) is 14.7 Å². The summed E-state index contributed by atoms with van der Waals surface area (Å²) >= 11 is 0. The Morgan fingerprint density at radius 2 is 1.85 bits per heavy atom. The molecule has 0 bridgehead atoms. The molecule has 1 aromatic carbocycles. The van der Waals surface area contributed by atoms with E-state index in [0.29, 0.717) is 32.8 Å². The van der Waals surface area contributed by atoms with E-state index in [1.165, 1.54) is 0 Å². The average molecular weight is 373 g/mol. The molecular weight excluding hydrogens is 346 g/mol. The highest BCUT2D eigenvalue weighted by molar-refractivity contribution is 5.82. The summed E-state index contributed by atoms with van der Waals surface area (Å²) in [6.07, 6.45) is 0. The molecule has 2 amide bonds. The van der Waals surface area contributed by atoms with Gasteiger partial charge in [-0.25, -0.2) is 0 Å². The van der Waals surface area contributed by atoms with E-state index in [4.69, 9.17) is 4.74 Å². The van der Waals surface area contributed by atoms with Crippen LogP contribution in [0.2, 0.25) is 0 Å². The lowest BCUT2D eigenvalue weighted by Gasteiger charge is -2.70. The third-order valence-electron chi connectivity index (χ3n) is 6.20. The van der Waals surface area contributed by atoms with E-state index in [1.54, 1.807) is 11.8 Å². The van der Waals surface area contributed by atoms with Gasteiger partial charge in [-0.05, 0) is 5.56 Å². The van der Waals surface area contributed by atoms with Crippen molar-refractivity contribution in [2.45, 2.75) is 24.4 Å². The first-order valence-electron chi connectivity index (χ1n) is 9.60. The first kappa shape index (κ1) is 18.4. The number of hydrogen-bond acceptors (Lipinski definition) is 5. The zero-order valence-corrected chi connectivity index (χ0v) is 15.7. The Hall–Kier alpha value is -1.96. The Morgan fingerprint density at radius 3 is 2.44 bits per heavy atom. The minimum atomic E-state index is -0.388. The highest BCUT2D eigenvalue weighted by Gasteiger charge is 2.67. The maximum atomic E-state index is 12.7. The zero-order valence-electron chi connectivity index (χ0n) is 15.7. The number of amides is 2. The van der Waals surface area contributed by atoms with Crippen molar-refractivity contribution < 1.29 is 19.4 Å². The summed E-state index contributed by atoms with van der Waals surface area (Å²) in [6, 6.07) is 9.79. The Labute approximate surface area is 159 Å². The number of benzene rings is 1. The van der Waals surface area contributed by atoms with Crippen LogP contribution in [-0.4, -0.2) is 95.7 Å². The van der Waals surface area contributed by atoms with Crippen LogP contribution in [-0.2, 0) is 14.3 Å². The lowest BCUT2D eigenvalue weighted by Crippen LogP contribution is -2.86. The van der Waals surface area contributed by atoms with Crippen molar-refractivity contribution in [2.75, 3.05) is 52.5 Å². The standard InChI is InChI=1S/C20H27N3O4/c1-15(25)23-17(12-24)19(16-5-3-2-4-6-16)20(23)13-22(14-20)18(26)11-21-7-9-27-10-8-21/h2-6,17,19,24H,7-14H2,1H3/t17-,19+/m0/s1. The summed E-state index contributed by atoms with van der Waals surface area (Å²) in [5.41, 5.74) is 0.732. The van der Waals surface area contributed by atoms with Gasteiger partial charge >= 0.3 is 0 Å². The number of likely N-dealkylation sites (tertiary alicyclic amines) is 2. The highest BCUT2D eigenvalue weighted by atomic mass is 16.5. The van der Waals surface area contributed by atoms with Crippen LogP contribution in [0.25, 0.3) is 0 Å². The fourth-order valence-corrected chi connectivity index (χ4v) is 5.02. The van der Waals surface area contributed by atoms with Gasteiger partial charge in [0.05, 0.1) is 37.9 Å². The number of nitrogens with zero attached hydrogens (tertiary/aromatic N) is 3. The van der Waals surface area contributed by atoms with Crippen molar-refractivity contribution in [3.8, 4) is 0 Å². The largest absolute Gasteiger partial charge is 0.394 e. The predicted octanol–water partition coefficient (Wildman–Crippen LogP) is -0.0936. The maximum Gasteiger partial charge on any atom is 0.236 e. The quantitative estimate of drug-likeness (QED) is 0.798. The van der Waals surface area contributed by atoms with Gasteiger partial charge in [0.1, 0.15) is 0 Å². The lowest BCUT2D eigenvalue weighted by molar-refractivity contribution is -0.202. The molecular formula is C20H27N3O4. The van der Waals surface area contributed by atoms with Gasteiger partial charge in [-0.3, -0.25) is 14.5 Å². The molecule has 7 nitrogen and oxygen atoms in total. The summed E-state index contributed by atoms with van der Waals surface area (Å²) in [5, 5.41) is 9.89. The predicted molar refractivity (Wildman–Crippen MR) is 99.1 cm³/mol. The number of aliphatic hydroxyl groups excluding tert-OH is 1. The topological polar surface area (TPSA) is 73.3 Å². The molecule has 1 aromatic rings. The molecule has 3 aliphatic rings. The molecule has 1 N–H and O–H groups in total. The molecule has 3 saturated heterocycles. The fraction of sp³-hybridized carbons (Fsp3) is 0.600. The van der Waals surface area contributed by atoms with Crippen LogP contribution >= 0.6 is 0 Å². The van der Waals surface area contributed by atoms with Gasteiger partial charge in [-0.15, -0.1) is 0 Å². The molecule has 2 atom stereocenters. The first-order chi connectivity index (χ1) is 13.1. The molecule has 0 aromatic heterocycles. The minimum Gasteiger partial charge on any atom is -0.394 e. The van der Waals surface area contributed by atoms with Crippen molar-refractivity contribution in [2.24, 2.45) is 0 Å². The molecule has 146 valence electrons. The molecule has 3 fully saturated rings. The van der Waals surface area contributed by atoms with Gasteiger partial charge in [0.25, 0.3) is 0 Å². The number of ether oxygens (including phenoxy) is 1. The lowest BCUT2D eigenvalue weighted by atomic mass is 9.60. The van der Waals surface area contributed by atoms with Crippen LogP contribution in [0.4, 0.5) is 0 Å². The highest BCUT2D eigenvalue weighted by Crippen LogP contribution is 2.53. The summed E-state index contributed by atoms with van der Waals surface area (Å²) in [7, 11) is 0. The summed E-state index contributed by atoms with van der Waals surface area (Å²) in [4.78, 5) is 30.7. The summed E-state index contributed by atoms with van der Waals surface area (Å²) in [6.45, 7) is 5.85. The Morgan fingerprint density at radius 1 is 1.19 bits per heavy atom. The number of carbonyl (C=O) groups excluding carboxylic acids is 2. The van der Waals surface area contributed by atoms with Crippen LogP contribution in [0, 0.1) is 0 Å². The zero-order chi connectivity index (χ0) is 19.0. The number of aliphatic hydroxyl groups is 1. The van der Waals surface area contributed by atoms with E-state index >= 15 is 0 Å². The normalized spacial score (nSPS) is 27.2. The molecule has 0 saturated carbocycles. The van der Waals surface area contributed by atoms with Gasteiger partial charge in [0.15, 0.2) is 0 Å². The molecule has 0 radical (unpaired) electrons. The van der Waals surface area contributed by atoms with Crippen molar-refractivity contribution in [1.29, 1.82) is 0 Å². The molecule has 0 unspecified atom stereocenters. The molecule has 3 aliphatic heterocycles. The molecule has 7 heteroatoms. The second-order valence-electron chi connectivity index (χ2n) is 7.77. The third-order valence-corrected chi connectivity index (χ3v) is 6.20. The van der Waals surface area contributed by atoms with E-state index < -0.39 is 0 Å². The SMILES string of the molecule is CC(=O)N1[C@@H](CO)[C@@H](c2ccccc2)C12CN(C(=O)CN1CCOCC1)C2. The molecule has 3 heterocycles. The van der Waals surface area contributed by atoms with Crippen LogP contribution in [0.15, 0.2) is 30.3 Å². The second-order valence-corrected chi connectivity index (χ2v) is 7.77. The van der Waals surface area contributed by atoms with Crippen molar-refractivity contribution in [3.63, 3.8) is 0 Å². The van der Waals surface area contributed by atoms with Gasteiger partial charge < -0.3 is 19.6 Å². The van der Waals surface area contributed by atoms with Gasteiger partial charge in [-0.2, -0.15) is 0 Å². The monoisotopic (exact) mass is 373 g/mol. The number of hydrogen-bond donors (Lipinski definition) is 1. The second kappa shape index (κ2) is 7.22. The van der Waals surface area contributed by atoms with E-state index in [-0.39, 0.29) is 35.9 Å². The number of carbonyl (C=O) groups is 2. The molecule has 1 spiro atoms. The van der Waals surface area contributed by atoms with Gasteiger partial charge in [0.2, 0.25) is 11.8 Å². The first-order valence-corrected chi connectivity index (χ1v) is 9.60. The van der Waals surface area contributed by atoms with E-state index in [9.17, 15) is 14.7 Å². The molecule has 0 aliphatic carbocycles. The molecule has 4 rings (SSSR count). The van der Waals surface area contributed by atoms with Crippen molar-refractivity contribution >= 4 is 11.8 Å². The van der Waals surface area contributed by atoms with Crippen LogP contribution in [0.1, 0.15) is 18.4 Å². The van der Waals surface area contributed by atoms with Gasteiger partial charge in [-0.1, -0.05) is 30.3 Å². The van der Waals surface area contributed by atoms with Crippen LogP contribution in [0.5, 0.6) is 0 Å². The number of rotatable bonds is 4. The fourth-order valence-electron chi connectivity index (χ4n) is 5.02. The van der Waals surface area contributed by atoms with E-state index in [2.05, 4.69) is 4.90 Å². The third kappa shape index (κ3) is 3.03. The Kier molecular flexibility index (Phi) is 4.92. The van der Waals surface area contributed by atoms with E-state index in [0.717, 1.165) is 18.7 Å². The van der Waals surface area contributed by atoms with Crippen LogP contribution < -0.4 is 0 Å². The Bertz CT molecular complexity index is 698. The Balaban J connectivity index is 1.48. The minimum absolute atomic E-state index is 0.0403. The van der Waals surface area contributed by atoms with Gasteiger partial charge in [0, 0.05) is 39.0 Å².